The summed E-state index contributed by atoms with van der Waals surface area (Å²) < 4.78 is 5.05. The Morgan fingerprint density at radius 2 is 1.93 bits per heavy atom. The van der Waals surface area contributed by atoms with Crippen LogP contribution in [0.3, 0.4) is 0 Å². The molecule has 0 bridgehead atoms. The van der Waals surface area contributed by atoms with Gasteiger partial charge in [0.1, 0.15) is 0 Å². The fraction of sp³-hybridized carbons (Fsp3) is 0.250. The van der Waals surface area contributed by atoms with E-state index in [1.807, 2.05) is 0 Å². The predicted molar refractivity (Wildman–Crippen MR) is 105 cm³/mol. The van der Waals surface area contributed by atoms with E-state index in [0.717, 1.165) is 6.07 Å². The summed E-state index contributed by atoms with van der Waals surface area (Å²) in [6, 6.07) is 8.45. The number of ether oxygens (including phenoxy) is 1. The third-order valence-electron chi connectivity index (χ3n) is 4.61. The van der Waals surface area contributed by atoms with Crippen LogP contribution >= 0.6 is 11.6 Å². The number of rotatable bonds is 6. The highest BCUT2D eigenvalue weighted by Crippen LogP contribution is 2.30. The minimum atomic E-state index is -0.760. The standard InChI is InChI=1S/C20H17ClN2O6/c1-12-4-5-13(9-16(12)23(27)28)18(24)11-29-20(26)14-6-7-15(21)17(10-14)22-8-2-3-19(22)25/h4-7,9-10H,2-3,8,11H2,1H3. The van der Waals surface area contributed by atoms with Gasteiger partial charge in [-0.05, 0) is 31.5 Å². The van der Waals surface area contributed by atoms with Crippen molar-refractivity contribution in [1.29, 1.82) is 0 Å². The molecule has 1 saturated heterocycles. The van der Waals surface area contributed by atoms with Crippen molar-refractivity contribution in [1.82, 2.24) is 0 Å². The number of esters is 1. The summed E-state index contributed by atoms with van der Waals surface area (Å²) in [4.78, 5) is 48.5. The SMILES string of the molecule is Cc1ccc(C(=O)COC(=O)c2ccc(Cl)c(N3CCCC3=O)c2)cc1[N+](=O)[O-]. The largest absolute Gasteiger partial charge is 0.454 e. The minimum absolute atomic E-state index is 0.0754. The number of nitrogens with zero attached hydrogens (tertiary/aromatic N) is 2. The third kappa shape index (κ3) is 4.43. The molecule has 2 aromatic carbocycles. The Labute approximate surface area is 171 Å². The first-order chi connectivity index (χ1) is 13.8. The van der Waals surface area contributed by atoms with E-state index in [0.29, 0.717) is 35.7 Å². The second-order valence-corrected chi connectivity index (χ2v) is 6.98. The van der Waals surface area contributed by atoms with E-state index in [1.54, 1.807) is 6.92 Å². The highest BCUT2D eigenvalue weighted by molar-refractivity contribution is 6.34. The number of hydrogen-bond acceptors (Lipinski definition) is 6. The number of benzene rings is 2. The van der Waals surface area contributed by atoms with Crippen molar-refractivity contribution < 1.29 is 24.0 Å². The summed E-state index contributed by atoms with van der Waals surface area (Å²) >= 11 is 6.15. The van der Waals surface area contributed by atoms with Crippen LogP contribution in [0.25, 0.3) is 0 Å². The van der Waals surface area contributed by atoms with Gasteiger partial charge in [-0.25, -0.2) is 4.79 Å². The van der Waals surface area contributed by atoms with Crippen molar-refractivity contribution in [2.24, 2.45) is 0 Å². The van der Waals surface area contributed by atoms with E-state index in [4.69, 9.17) is 16.3 Å². The maximum atomic E-state index is 12.3. The second-order valence-electron chi connectivity index (χ2n) is 6.57. The Balaban J connectivity index is 1.71. The van der Waals surface area contributed by atoms with Crippen LogP contribution in [0.15, 0.2) is 36.4 Å². The molecule has 0 saturated carbocycles. The van der Waals surface area contributed by atoms with Crippen LogP contribution in [0.1, 0.15) is 39.1 Å². The maximum Gasteiger partial charge on any atom is 0.338 e. The smallest absolute Gasteiger partial charge is 0.338 e. The van der Waals surface area contributed by atoms with Gasteiger partial charge in [0.05, 0.1) is 21.2 Å². The zero-order valence-corrected chi connectivity index (χ0v) is 16.3. The summed E-state index contributed by atoms with van der Waals surface area (Å²) in [5.41, 5.74) is 0.888. The maximum absolute atomic E-state index is 12.3. The van der Waals surface area contributed by atoms with Gasteiger partial charge in [0.2, 0.25) is 11.7 Å². The Hall–Kier alpha value is -3.26. The molecule has 29 heavy (non-hydrogen) atoms. The number of carbonyl (C=O) groups excluding carboxylic acids is 3. The first kappa shape index (κ1) is 20.5. The molecule has 2 aromatic rings. The lowest BCUT2D eigenvalue weighted by Gasteiger charge is -2.18. The molecule has 0 atom stereocenters. The van der Waals surface area contributed by atoms with Crippen molar-refractivity contribution in [3.05, 3.63) is 68.2 Å². The summed E-state index contributed by atoms with van der Waals surface area (Å²) in [6.45, 7) is 1.51. The van der Waals surface area contributed by atoms with Gasteiger partial charge in [0.25, 0.3) is 5.69 Å². The summed E-state index contributed by atoms with van der Waals surface area (Å²) in [5.74, 6) is -1.40. The molecule has 0 radical (unpaired) electrons. The minimum Gasteiger partial charge on any atom is -0.454 e. The zero-order chi connectivity index (χ0) is 21.1. The van der Waals surface area contributed by atoms with Crippen molar-refractivity contribution in [2.75, 3.05) is 18.1 Å². The van der Waals surface area contributed by atoms with Gasteiger partial charge in [0.15, 0.2) is 6.61 Å². The molecule has 0 spiro atoms. The lowest BCUT2D eigenvalue weighted by atomic mass is 10.1. The quantitative estimate of drug-likeness (QED) is 0.307. The van der Waals surface area contributed by atoms with Crippen LogP contribution < -0.4 is 4.90 Å². The molecule has 0 unspecified atom stereocenters. The van der Waals surface area contributed by atoms with Gasteiger partial charge in [0, 0.05) is 30.2 Å². The second kappa shape index (κ2) is 8.40. The van der Waals surface area contributed by atoms with Crippen LogP contribution in [0.4, 0.5) is 11.4 Å². The van der Waals surface area contributed by atoms with Gasteiger partial charge in [-0.3, -0.25) is 19.7 Å². The zero-order valence-electron chi connectivity index (χ0n) is 15.5. The van der Waals surface area contributed by atoms with E-state index >= 15 is 0 Å². The number of nitro groups is 1. The Kier molecular flexibility index (Phi) is 5.93. The summed E-state index contributed by atoms with van der Waals surface area (Å²) in [7, 11) is 0. The third-order valence-corrected chi connectivity index (χ3v) is 4.93. The molecule has 8 nitrogen and oxygen atoms in total. The highest BCUT2D eigenvalue weighted by atomic mass is 35.5. The van der Waals surface area contributed by atoms with Gasteiger partial charge in [-0.1, -0.05) is 23.7 Å². The lowest BCUT2D eigenvalue weighted by molar-refractivity contribution is -0.385. The molecular formula is C20H17ClN2O6. The number of Topliss-reactive ketones (excluding diaryl/α,β-unsaturated/α-hetero) is 1. The number of amides is 1. The number of carbonyl (C=O) groups is 3. The molecule has 1 aliphatic rings. The molecular weight excluding hydrogens is 400 g/mol. The first-order valence-corrected chi connectivity index (χ1v) is 9.21. The molecule has 150 valence electrons. The van der Waals surface area contributed by atoms with Crippen LogP contribution in [0, 0.1) is 17.0 Å². The molecule has 9 heteroatoms. The Bertz CT molecular complexity index is 1020. The lowest BCUT2D eigenvalue weighted by Crippen LogP contribution is -2.24. The first-order valence-electron chi connectivity index (χ1n) is 8.83. The van der Waals surface area contributed by atoms with Crippen molar-refractivity contribution in [2.45, 2.75) is 19.8 Å². The molecule has 0 aromatic heterocycles. The van der Waals surface area contributed by atoms with E-state index in [1.165, 1.54) is 35.2 Å². The number of nitro benzene ring substituents is 1. The molecule has 0 aliphatic carbocycles. The normalized spacial score (nSPS) is 13.4. The van der Waals surface area contributed by atoms with Gasteiger partial charge < -0.3 is 9.64 Å². The van der Waals surface area contributed by atoms with E-state index < -0.39 is 23.3 Å². The average Bonchev–Trinajstić information content (AvgIpc) is 3.12. The Morgan fingerprint density at radius 3 is 2.59 bits per heavy atom. The van der Waals surface area contributed by atoms with E-state index in [-0.39, 0.29) is 22.7 Å². The van der Waals surface area contributed by atoms with Gasteiger partial charge >= 0.3 is 5.97 Å². The number of halogens is 1. The highest BCUT2D eigenvalue weighted by Gasteiger charge is 2.25. The van der Waals surface area contributed by atoms with Crippen LogP contribution in [-0.4, -0.2) is 35.7 Å². The fourth-order valence-electron chi connectivity index (χ4n) is 3.03. The Morgan fingerprint density at radius 1 is 1.21 bits per heavy atom. The van der Waals surface area contributed by atoms with Crippen LogP contribution in [0.2, 0.25) is 5.02 Å². The van der Waals surface area contributed by atoms with E-state index in [9.17, 15) is 24.5 Å². The number of ketones is 1. The topological polar surface area (TPSA) is 107 Å². The molecule has 1 heterocycles. The predicted octanol–water partition coefficient (Wildman–Crippen LogP) is 3.72. The molecule has 1 fully saturated rings. The van der Waals surface area contributed by atoms with E-state index in [2.05, 4.69) is 0 Å². The molecule has 3 rings (SSSR count). The molecule has 0 N–H and O–H groups in total. The van der Waals surface area contributed by atoms with Gasteiger partial charge in [-0.2, -0.15) is 0 Å². The van der Waals surface area contributed by atoms with Crippen molar-refractivity contribution >= 4 is 40.6 Å². The van der Waals surface area contributed by atoms with Crippen molar-refractivity contribution in [3.63, 3.8) is 0 Å². The molecule has 1 aliphatic heterocycles. The van der Waals surface area contributed by atoms with Crippen molar-refractivity contribution in [3.8, 4) is 0 Å². The summed E-state index contributed by atoms with van der Waals surface area (Å²) in [6.07, 6.45) is 1.13. The average molecular weight is 417 g/mol. The van der Waals surface area contributed by atoms with Crippen LogP contribution in [-0.2, 0) is 9.53 Å². The number of aryl methyl sites for hydroxylation is 1. The molecule has 1 amide bonds. The fourth-order valence-corrected chi connectivity index (χ4v) is 3.25. The number of anilines is 1. The van der Waals surface area contributed by atoms with Crippen LogP contribution in [0.5, 0.6) is 0 Å². The van der Waals surface area contributed by atoms with Gasteiger partial charge in [-0.15, -0.1) is 0 Å². The number of hydrogen-bond donors (Lipinski definition) is 0. The summed E-state index contributed by atoms with van der Waals surface area (Å²) in [5, 5.41) is 11.3. The monoisotopic (exact) mass is 416 g/mol.